The number of hydrogen-bond donors (Lipinski definition) is 2. The van der Waals surface area contributed by atoms with Crippen LogP contribution in [-0.4, -0.2) is 67.9 Å². The summed E-state index contributed by atoms with van der Waals surface area (Å²) in [6.45, 7) is 11.7. The highest BCUT2D eigenvalue weighted by Crippen LogP contribution is 2.14. The molecule has 0 bridgehead atoms. The highest BCUT2D eigenvalue weighted by atomic mass is 28.3. The summed E-state index contributed by atoms with van der Waals surface area (Å²) in [4.78, 5) is 64.6. The van der Waals surface area contributed by atoms with Crippen LogP contribution in [0.25, 0.3) is 0 Å². The van der Waals surface area contributed by atoms with E-state index in [2.05, 4.69) is 30.3 Å². The fourth-order valence-electron chi connectivity index (χ4n) is 2.33. The molecule has 0 aromatic rings. The zero-order chi connectivity index (χ0) is 23.8. The second-order valence-electron chi connectivity index (χ2n) is 9.35. The first kappa shape index (κ1) is 26.4. The van der Waals surface area contributed by atoms with Gasteiger partial charge in [-0.1, -0.05) is 19.6 Å². The number of nitrogens with zero attached hydrogens (tertiary/aromatic N) is 1. The lowest BCUT2D eigenvalue weighted by Gasteiger charge is -2.23. The van der Waals surface area contributed by atoms with Crippen molar-refractivity contribution in [2.45, 2.75) is 77.4 Å². The van der Waals surface area contributed by atoms with Crippen LogP contribution < -0.4 is 10.6 Å². The quantitative estimate of drug-likeness (QED) is 0.394. The number of carbonyl (C=O) groups is 5. The average molecular weight is 460 g/mol. The number of rotatable bonds is 9. The molecule has 0 aliphatic carbocycles. The van der Waals surface area contributed by atoms with Crippen molar-refractivity contribution in [2.75, 3.05) is 13.2 Å². The van der Waals surface area contributed by atoms with Gasteiger partial charge in [0.2, 0.25) is 0 Å². The van der Waals surface area contributed by atoms with Gasteiger partial charge < -0.3 is 24.9 Å². The molecule has 11 nitrogen and oxygen atoms in total. The third-order valence-electron chi connectivity index (χ3n) is 3.95. The lowest BCUT2D eigenvalue weighted by atomic mass is 10.2. The molecular formula is C19H33N3O8Si. The summed E-state index contributed by atoms with van der Waals surface area (Å²) in [5.74, 6) is -2.31. The summed E-state index contributed by atoms with van der Waals surface area (Å²) in [5.41, 5.74) is -0.808. The molecule has 1 fully saturated rings. The fraction of sp³-hybridized carbons (Fsp3) is 0.737. The van der Waals surface area contributed by atoms with Crippen LogP contribution in [-0.2, 0) is 28.7 Å². The topological polar surface area (TPSA) is 140 Å². The monoisotopic (exact) mass is 459 g/mol. The minimum Gasteiger partial charge on any atom is -0.450 e. The minimum absolute atomic E-state index is 0.0246. The van der Waals surface area contributed by atoms with Crippen molar-refractivity contribution in [1.82, 2.24) is 15.7 Å². The van der Waals surface area contributed by atoms with Crippen LogP contribution in [0.3, 0.4) is 0 Å². The SMILES string of the molecule is CC(C)(C)OC(=O)N[C@@H](CCNC(=O)OCC[Si](C)(C)C)C(=O)ON1C(=O)CCC1=O. The largest absolute Gasteiger partial charge is 0.450 e. The first-order valence-electron chi connectivity index (χ1n) is 10.2. The summed E-state index contributed by atoms with van der Waals surface area (Å²) in [6.07, 6.45) is -1.71. The summed E-state index contributed by atoms with van der Waals surface area (Å²) >= 11 is 0. The zero-order valence-electron chi connectivity index (χ0n) is 19.0. The van der Waals surface area contributed by atoms with Crippen LogP contribution in [0.4, 0.5) is 9.59 Å². The van der Waals surface area contributed by atoms with Gasteiger partial charge in [-0.05, 0) is 33.2 Å². The third kappa shape index (κ3) is 10.8. The maximum absolute atomic E-state index is 12.5. The number of nitrogens with one attached hydrogen (secondary N) is 2. The highest BCUT2D eigenvalue weighted by Gasteiger charge is 2.35. The second-order valence-corrected chi connectivity index (χ2v) is 15.0. The number of hydroxylamine groups is 2. The van der Waals surface area contributed by atoms with Gasteiger partial charge in [-0.2, -0.15) is 0 Å². The van der Waals surface area contributed by atoms with Gasteiger partial charge in [0.1, 0.15) is 11.6 Å². The molecule has 12 heteroatoms. The Kier molecular flexibility index (Phi) is 9.47. The van der Waals surface area contributed by atoms with Crippen molar-refractivity contribution < 1.29 is 38.3 Å². The Morgan fingerprint density at radius 2 is 1.65 bits per heavy atom. The maximum Gasteiger partial charge on any atom is 0.408 e. The number of alkyl carbamates (subject to hydrolysis) is 2. The average Bonchev–Trinajstić information content (AvgIpc) is 2.90. The van der Waals surface area contributed by atoms with Crippen molar-refractivity contribution in [3.8, 4) is 0 Å². The molecule has 1 saturated heterocycles. The van der Waals surface area contributed by atoms with Crippen molar-refractivity contribution in [3.05, 3.63) is 0 Å². The van der Waals surface area contributed by atoms with E-state index < -0.39 is 49.7 Å². The first-order chi connectivity index (χ1) is 14.2. The Hall–Kier alpha value is -2.63. The molecule has 0 aromatic carbocycles. The van der Waals surface area contributed by atoms with E-state index in [1.54, 1.807) is 20.8 Å². The molecule has 1 heterocycles. The minimum atomic E-state index is -1.34. The maximum atomic E-state index is 12.5. The predicted octanol–water partition coefficient (Wildman–Crippen LogP) is 1.94. The molecule has 0 saturated carbocycles. The van der Waals surface area contributed by atoms with Crippen molar-refractivity contribution in [2.24, 2.45) is 0 Å². The summed E-state index contributed by atoms with van der Waals surface area (Å²) in [5, 5.41) is 5.23. The van der Waals surface area contributed by atoms with Crippen LogP contribution in [0.1, 0.15) is 40.0 Å². The van der Waals surface area contributed by atoms with E-state index in [1.807, 2.05) is 0 Å². The van der Waals surface area contributed by atoms with Gasteiger partial charge in [-0.25, -0.2) is 14.4 Å². The molecule has 1 aliphatic heterocycles. The van der Waals surface area contributed by atoms with E-state index in [1.165, 1.54) is 0 Å². The van der Waals surface area contributed by atoms with E-state index in [0.717, 1.165) is 6.04 Å². The first-order valence-corrected chi connectivity index (χ1v) is 13.9. The molecule has 0 unspecified atom stereocenters. The number of ether oxygens (including phenoxy) is 2. The lowest BCUT2D eigenvalue weighted by molar-refractivity contribution is -0.199. The summed E-state index contributed by atoms with van der Waals surface area (Å²) in [6, 6.07) is -0.452. The van der Waals surface area contributed by atoms with Gasteiger partial charge in [0.05, 0.1) is 6.61 Å². The van der Waals surface area contributed by atoms with Crippen molar-refractivity contribution in [1.29, 1.82) is 0 Å². The Bertz CT molecular complexity index is 683. The van der Waals surface area contributed by atoms with Gasteiger partial charge in [-0.15, -0.1) is 5.06 Å². The van der Waals surface area contributed by atoms with Crippen LogP contribution in [0.15, 0.2) is 0 Å². The van der Waals surface area contributed by atoms with Gasteiger partial charge in [-0.3, -0.25) is 9.59 Å². The predicted molar refractivity (Wildman–Crippen MR) is 112 cm³/mol. The second kappa shape index (κ2) is 11.1. The molecule has 1 aliphatic rings. The van der Waals surface area contributed by atoms with E-state index in [4.69, 9.17) is 14.3 Å². The van der Waals surface area contributed by atoms with E-state index in [9.17, 15) is 24.0 Å². The molecule has 176 valence electrons. The number of carbonyl (C=O) groups excluding carboxylic acids is 5. The molecule has 0 aromatic heterocycles. The zero-order valence-corrected chi connectivity index (χ0v) is 20.0. The van der Waals surface area contributed by atoms with E-state index in [0.29, 0.717) is 11.7 Å². The van der Waals surface area contributed by atoms with Crippen LogP contribution in [0.5, 0.6) is 0 Å². The van der Waals surface area contributed by atoms with Crippen molar-refractivity contribution in [3.63, 3.8) is 0 Å². The lowest BCUT2D eigenvalue weighted by Crippen LogP contribution is -2.48. The van der Waals surface area contributed by atoms with Crippen molar-refractivity contribution >= 4 is 38.0 Å². The highest BCUT2D eigenvalue weighted by molar-refractivity contribution is 6.76. The summed E-state index contributed by atoms with van der Waals surface area (Å²) in [7, 11) is -1.34. The smallest absolute Gasteiger partial charge is 0.408 e. The van der Waals surface area contributed by atoms with E-state index >= 15 is 0 Å². The van der Waals surface area contributed by atoms with Crippen LogP contribution in [0.2, 0.25) is 25.7 Å². The Labute approximate surface area is 183 Å². The van der Waals surface area contributed by atoms with Gasteiger partial charge in [0.15, 0.2) is 0 Å². The molecule has 2 N–H and O–H groups in total. The molecule has 31 heavy (non-hydrogen) atoms. The molecule has 1 rings (SSSR count). The molecular weight excluding hydrogens is 426 g/mol. The normalized spacial score (nSPS) is 15.4. The molecule has 0 radical (unpaired) electrons. The van der Waals surface area contributed by atoms with Gasteiger partial charge >= 0.3 is 18.2 Å². The molecule has 0 spiro atoms. The Morgan fingerprint density at radius 1 is 1.06 bits per heavy atom. The number of amides is 4. The Morgan fingerprint density at radius 3 is 2.16 bits per heavy atom. The molecule has 4 amide bonds. The van der Waals surface area contributed by atoms with Gasteiger partial charge in [0, 0.05) is 27.5 Å². The Balaban J connectivity index is 2.64. The third-order valence-corrected chi connectivity index (χ3v) is 5.65. The number of hydrogen-bond acceptors (Lipinski definition) is 8. The number of imide groups is 1. The summed E-state index contributed by atoms with van der Waals surface area (Å²) < 4.78 is 10.2. The van der Waals surface area contributed by atoms with E-state index in [-0.39, 0.29) is 25.8 Å². The van der Waals surface area contributed by atoms with Crippen LogP contribution in [0, 0.1) is 0 Å². The van der Waals surface area contributed by atoms with Gasteiger partial charge in [0.25, 0.3) is 11.8 Å². The standard InChI is InChI=1S/C19H33N3O8Si/c1-19(2,3)29-18(27)21-13(16(25)30-22-14(23)7-8-15(22)24)9-10-20-17(26)28-11-12-31(4,5)6/h13H,7-12H2,1-6H3,(H,20,26)(H,21,27)/t13-/m0/s1. The fourth-order valence-corrected chi connectivity index (χ4v) is 3.04. The van der Waals surface area contributed by atoms with Crippen LogP contribution >= 0.6 is 0 Å². The molecule has 1 atom stereocenters.